The van der Waals surface area contributed by atoms with E-state index in [0.717, 1.165) is 45.0 Å². The summed E-state index contributed by atoms with van der Waals surface area (Å²) in [7, 11) is 0. The standard InChI is InChI=1S/C30H27N3/c1-30(2,3)29-28(31-26-16-10-11-17-27(26)32-29)22-18-20-25(21-19-22)33(23-12-6-4-7-13-23)24-14-8-5-9-15-24/h4-21H,1-3H3. The smallest absolute Gasteiger partial charge is 0.0930 e. The zero-order chi connectivity index (χ0) is 22.8. The molecular formula is C30H27N3. The van der Waals surface area contributed by atoms with Crippen molar-refractivity contribution >= 4 is 28.1 Å². The quantitative estimate of drug-likeness (QED) is 0.289. The predicted molar refractivity (Wildman–Crippen MR) is 138 cm³/mol. The lowest BCUT2D eigenvalue weighted by Gasteiger charge is -2.26. The number of rotatable bonds is 4. The summed E-state index contributed by atoms with van der Waals surface area (Å²) in [5.41, 5.74) is 8.10. The van der Waals surface area contributed by atoms with Gasteiger partial charge in [-0.1, -0.05) is 81.4 Å². The Morgan fingerprint density at radius 1 is 0.515 bits per heavy atom. The van der Waals surface area contributed by atoms with Crippen molar-refractivity contribution in [2.75, 3.05) is 4.90 Å². The highest BCUT2D eigenvalue weighted by Gasteiger charge is 2.23. The van der Waals surface area contributed by atoms with E-state index in [9.17, 15) is 0 Å². The number of hydrogen-bond donors (Lipinski definition) is 0. The number of anilines is 3. The molecule has 0 aliphatic carbocycles. The van der Waals surface area contributed by atoms with Gasteiger partial charge in [-0.15, -0.1) is 0 Å². The van der Waals surface area contributed by atoms with Gasteiger partial charge in [0.2, 0.25) is 0 Å². The normalized spacial score (nSPS) is 11.5. The third-order valence-electron chi connectivity index (χ3n) is 5.71. The van der Waals surface area contributed by atoms with E-state index < -0.39 is 0 Å². The highest BCUT2D eigenvalue weighted by molar-refractivity contribution is 5.81. The first kappa shape index (κ1) is 20.9. The van der Waals surface area contributed by atoms with Crippen LogP contribution < -0.4 is 4.90 Å². The monoisotopic (exact) mass is 429 g/mol. The molecule has 3 heteroatoms. The maximum atomic E-state index is 5.03. The maximum Gasteiger partial charge on any atom is 0.0930 e. The van der Waals surface area contributed by atoms with E-state index in [-0.39, 0.29) is 5.41 Å². The number of nitrogens with zero attached hydrogens (tertiary/aromatic N) is 3. The molecule has 0 aliphatic rings. The van der Waals surface area contributed by atoms with E-state index in [2.05, 4.69) is 98.5 Å². The molecule has 0 aliphatic heterocycles. The molecule has 1 aromatic heterocycles. The van der Waals surface area contributed by atoms with Crippen LogP contribution in [-0.4, -0.2) is 9.97 Å². The van der Waals surface area contributed by atoms with Crippen molar-refractivity contribution in [3.05, 3.63) is 115 Å². The van der Waals surface area contributed by atoms with Gasteiger partial charge in [0.15, 0.2) is 0 Å². The Bertz CT molecular complexity index is 1330. The molecule has 1 heterocycles. The van der Waals surface area contributed by atoms with E-state index in [1.165, 1.54) is 0 Å². The Balaban J connectivity index is 1.62. The maximum absolute atomic E-state index is 5.03. The first-order valence-electron chi connectivity index (χ1n) is 11.3. The average Bonchev–Trinajstić information content (AvgIpc) is 2.85. The lowest BCUT2D eigenvalue weighted by Crippen LogP contribution is -2.16. The molecule has 162 valence electrons. The predicted octanol–water partition coefficient (Wildman–Crippen LogP) is 8.06. The van der Waals surface area contributed by atoms with Gasteiger partial charge in [-0.05, 0) is 48.5 Å². The van der Waals surface area contributed by atoms with Crippen LogP contribution in [0.2, 0.25) is 0 Å². The van der Waals surface area contributed by atoms with Crippen molar-refractivity contribution in [1.29, 1.82) is 0 Å². The number of fused-ring (bicyclic) bond motifs is 1. The summed E-state index contributed by atoms with van der Waals surface area (Å²) in [5.74, 6) is 0. The van der Waals surface area contributed by atoms with Gasteiger partial charge in [-0.25, -0.2) is 9.97 Å². The van der Waals surface area contributed by atoms with Crippen molar-refractivity contribution in [3.63, 3.8) is 0 Å². The summed E-state index contributed by atoms with van der Waals surface area (Å²) in [4.78, 5) is 12.3. The van der Waals surface area contributed by atoms with Gasteiger partial charge >= 0.3 is 0 Å². The second-order valence-corrected chi connectivity index (χ2v) is 9.21. The fourth-order valence-electron chi connectivity index (χ4n) is 4.09. The number of hydrogen-bond acceptors (Lipinski definition) is 3. The molecule has 4 aromatic carbocycles. The van der Waals surface area contributed by atoms with E-state index in [1.54, 1.807) is 0 Å². The summed E-state index contributed by atoms with van der Waals surface area (Å²) < 4.78 is 0. The molecule has 0 atom stereocenters. The Morgan fingerprint density at radius 2 is 0.970 bits per heavy atom. The number of para-hydroxylation sites is 4. The molecule has 33 heavy (non-hydrogen) atoms. The van der Waals surface area contributed by atoms with E-state index in [0.29, 0.717) is 0 Å². The lowest BCUT2D eigenvalue weighted by molar-refractivity contribution is 0.571. The molecule has 0 saturated heterocycles. The summed E-state index contributed by atoms with van der Waals surface area (Å²) in [5, 5.41) is 0. The van der Waals surface area contributed by atoms with E-state index in [4.69, 9.17) is 9.97 Å². The molecule has 0 radical (unpaired) electrons. The van der Waals surface area contributed by atoms with E-state index >= 15 is 0 Å². The van der Waals surface area contributed by atoms with Gasteiger partial charge in [0, 0.05) is 28.0 Å². The van der Waals surface area contributed by atoms with E-state index in [1.807, 2.05) is 36.4 Å². The highest BCUT2D eigenvalue weighted by Crippen LogP contribution is 2.37. The van der Waals surface area contributed by atoms with Crippen LogP contribution in [0.5, 0.6) is 0 Å². The Labute approximate surface area is 195 Å². The second-order valence-electron chi connectivity index (χ2n) is 9.21. The van der Waals surface area contributed by atoms with Gasteiger partial charge in [0.05, 0.1) is 22.4 Å². The zero-order valence-corrected chi connectivity index (χ0v) is 19.2. The van der Waals surface area contributed by atoms with Crippen LogP contribution in [-0.2, 0) is 5.41 Å². The Kier molecular flexibility index (Phi) is 5.39. The molecule has 0 fully saturated rings. The SMILES string of the molecule is CC(C)(C)c1nc2ccccc2nc1-c1ccc(N(c2ccccc2)c2ccccc2)cc1. The first-order valence-corrected chi connectivity index (χ1v) is 11.3. The summed E-state index contributed by atoms with van der Waals surface area (Å²) in [6.07, 6.45) is 0. The fourth-order valence-corrected chi connectivity index (χ4v) is 4.09. The van der Waals surface area contributed by atoms with Gasteiger partial charge in [0.25, 0.3) is 0 Å². The zero-order valence-electron chi connectivity index (χ0n) is 19.2. The summed E-state index contributed by atoms with van der Waals surface area (Å²) in [6, 6.07) is 37.6. The highest BCUT2D eigenvalue weighted by atomic mass is 15.1. The van der Waals surface area contributed by atoms with Gasteiger partial charge in [-0.2, -0.15) is 0 Å². The third kappa shape index (κ3) is 4.22. The summed E-state index contributed by atoms with van der Waals surface area (Å²) in [6.45, 7) is 6.57. The minimum atomic E-state index is -0.120. The Hall–Kier alpha value is -3.98. The van der Waals surface area contributed by atoms with Crippen LogP contribution >= 0.6 is 0 Å². The molecule has 0 N–H and O–H groups in total. The fraction of sp³-hybridized carbons (Fsp3) is 0.133. The van der Waals surface area contributed by atoms with Gasteiger partial charge < -0.3 is 4.90 Å². The first-order chi connectivity index (χ1) is 16.0. The molecular weight excluding hydrogens is 402 g/mol. The van der Waals surface area contributed by atoms with Gasteiger partial charge in [-0.3, -0.25) is 0 Å². The third-order valence-corrected chi connectivity index (χ3v) is 5.71. The molecule has 5 rings (SSSR count). The van der Waals surface area contributed by atoms with Crippen LogP contribution in [0.25, 0.3) is 22.3 Å². The van der Waals surface area contributed by atoms with Crippen molar-refractivity contribution in [1.82, 2.24) is 9.97 Å². The second kappa shape index (κ2) is 8.51. The van der Waals surface area contributed by atoms with Crippen LogP contribution in [0.4, 0.5) is 17.1 Å². The topological polar surface area (TPSA) is 29.0 Å². The van der Waals surface area contributed by atoms with Crippen LogP contribution in [0, 0.1) is 0 Å². The van der Waals surface area contributed by atoms with Crippen molar-refractivity contribution < 1.29 is 0 Å². The minimum Gasteiger partial charge on any atom is -0.311 e. The molecule has 0 saturated carbocycles. The van der Waals surface area contributed by atoms with Crippen LogP contribution in [0.15, 0.2) is 109 Å². The Morgan fingerprint density at radius 3 is 1.48 bits per heavy atom. The molecule has 0 unspecified atom stereocenters. The molecule has 3 nitrogen and oxygen atoms in total. The molecule has 0 amide bonds. The molecule has 0 spiro atoms. The van der Waals surface area contributed by atoms with Crippen molar-refractivity contribution in [3.8, 4) is 11.3 Å². The average molecular weight is 430 g/mol. The van der Waals surface area contributed by atoms with Crippen molar-refractivity contribution in [2.45, 2.75) is 26.2 Å². The van der Waals surface area contributed by atoms with Crippen LogP contribution in [0.1, 0.15) is 26.5 Å². The largest absolute Gasteiger partial charge is 0.311 e. The molecule has 0 bridgehead atoms. The summed E-state index contributed by atoms with van der Waals surface area (Å²) >= 11 is 0. The number of aromatic nitrogens is 2. The van der Waals surface area contributed by atoms with Gasteiger partial charge in [0.1, 0.15) is 0 Å². The number of benzene rings is 4. The molecule has 5 aromatic rings. The van der Waals surface area contributed by atoms with Crippen molar-refractivity contribution in [2.24, 2.45) is 0 Å². The minimum absolute atomic E-state index is 0.120. The van der Waals surface area contributed by atoms with Crippen LogP contribution in [0.3, 0.4) is 0 Å². The lowest BCUT2D eigenvalue weighted by atomic mass is 9.88.